The highest BCUT2D eigenvalue weighted by molar-refractivity contribution is 7.90. The van der Waals surface area contributed by atoms with Crippen LogP contribution < -0.4 is 10.6 Å². The molecule has 2 saturated heterocycles. The number of carbonyl (C=O) groups is 3. The van der Waals surface area contributed by atoms with E-state index in [1.165, 1.54) is 6.26 Å². The monoisotopic (exact) mass is 434 g/mol. The molecule has 30 heavy (non-hydrogen) atoms. The molecule has 1 aromatic carbocycles. The number of carbonyl (C=O) groups excluding carboxylic acids is 3. The molecule has 3 aliphatic heterocycles. The van der Waals surface area contributed by atoms with Gasteiger partial charge in [-0.2, -0.15) is 0 Å². The summed E-state index contributed by atoms with van der Waals surface area (Å²) in [6.07, 6.45) is 1.81. The molecule has 2 N–H and O–H groups in total. The van der Waals surface area contributed by atoms with Crippen LogP contribution in [0.1, 0.15) is 34.3 Å². The molecule has 9 nitrogen and oxygen atoms in total. The summed E-state index contributed by atoms with van der Waals surface area (Å²) < 4.78 is 23.3. The maximum atomic E-state index is 12.9. The molecule has 0 aromatic heterocycles. The fourth-order valence-corrected chi connectivity index (χ4v) is 5.51. The topological polar surface area (TPSA) is 116 Å². The lowest BCUT2D eigenvalue weighted by molar-refractivity contribution is -0.136. The molecule has 3 amide bonds. The molecule has 1 aromatic rings. The van der Waals surface area contributed by atoms with Gasteiger partial charge in [0, 0.05) is 57.0 Å². The first-order chi connectivity index (χ1) is 14.2. The summed E-state index contributed by atoms with van der Waals surface area (Å²) in [7, 11) is -3.07. The number of imide groups is 1. The van der Waals surface area contributed by atoms with Gasteiger partial charge in [0.2, 0.25) is 11.8 Å². The molecular weight excluding hydrogens is 408 g/mol. The number of piperidine rings is 1. The van der Waals surface area contributed by atoms with E-state index in [1.54, 1.807) is 11.0 Å². The molecule has 2 atom stereocenters. The second kappa shape index (κ2) is 8.09. The lowest BCUT2D eigenvalue weighted by atomic mass is 10.0. The molecule has 0 saturated carbocycles. The van der Waals surface area contributed by atoms with E-state index in [2.05, 4.69) is 15.5 Å². The van der Waals surface area contributed by atoms with Crippen LogP contribution in [0.15, 0.2) is 18.2 Å². The number of piperazine rings is 1. The molecule has 4 rings (SSSR count). The quantitative estimate of drug-likeness (QED) is 0.587. The standard InChI is InChI=1S/C20H26N4O5S/c1-30(28,29)12-14-10-23(8-7-21-14)9-13-3-2-4-15-16(13)11-24(20(15)27)17-5-6-18(25)22-19(17)26/h2-4,14,17,21H,5-12H2,1H3,(H,22,25,26). The highest BCUT2D eigenvalue weighted by Crippen LogP contribution is 2.30. The van der Waals surface area contributed by atoms with Crippen molar-refractivity contribution in [1.29, 1.82) is 0 Å². The average Bonchev–Trinajstić information content (AvgIpc) is 2.99. The Morgan fingerprint density at radius 3 is 2.73 bits per heavy atom. The van der Waals surface area contributed by atoms with E-state index in [0.29, 0.717) is 38.2 Å². The SMILES string of the molecule is CS(=O)(=O)CC1CN(Cc2cccc3c2CN(C2CCC(=O)NC2=O)C3=O)CCN1. The number of amides is 3. The van der Waals surface area contributed by atoms with Crippen LogP contribution in [0.4, 0.5) is 0 Å². The Hall–Kier alpha value is -2.30. The van der Waals surface area contributed by atoms with E-state index in [9.17, 15) is 22.8 Å². The summed E-state index contributed by atoms with van der Waals surface area (Å²) in [5.41, 5.74) is 2.51. The van der Waals surface area contributed by atoms with Crippen molar-refractivity contribution >= 4 is 27.6 Å². The van der Waals surface area contributed by atoms with E-state index in [1.807, 2.05) is 12.1 Å². The molecule has 0 bridgehead atoms. The van der Waals surface area contributed by atoms with E-state index >= 15 is 0 Å². The Morgan fingerprint density at radius 1 is 1.20 bits per heavy atom. The summed E-state index contributed by atoms with van der Waals surface area (Å²) in [6, 6.07) is 4.85. The van der Waals surface area contributed by atoms with Gasteiger partial charge in [0.25, 0.3) is 5.91 Å². The van der Waals surface area contributed by atoms with E-state index in [4.69, 9.17) is 0 Å². The lowest BCUT2D eigenvalue weighted by Crippen LogP contribution is -2.53. The zero-order valence-electron chi connectivity index (χ0n) is 16.9. The minimum atomic E-state index is -3.07. The number of hydrogen-bond acceptors (Lipinski definition) is 7. The number of rotatable bonds is 5. The Kier molecular flexibility index (Phi) is 5.65. The molecule has 10 heteroatoms. The van der Waals surface area contributed by atoms with Gasteiger partial charge >= 0.3 is 0 Å². The largest absolute Gasteiger partial charge is 0.322 e. The predicted octanol–water partition coefficient (Wildman–Crippen LogP) is -0.734. The molecule has 0 aliphatic carbocycles. The maximum absolute atomic E-state index is 12.9. The summed E-state index contributed by atoms with van der Waals surface area (Å²) in [5, 5.41) is 5.58. The van der Waals surface area contributed by atoms with Gasteiger partial charge in [-0.15, -0.1) is 0 Å². The van der Waals surface area contributed by atoms with Crippen molar-refractivity contribution in [3.05, 3.63) is 34.9 Å². The normalized spacial score (nSPS) is 25.4. The number of hydrogen-bond donors (Lipinski definition) is 2. The minimum Gasteiger partial charge on any atom is -0.322 e. The van der Waals surface area contributed by atoms with Crippen LogP contribution in [0.2, 0.25) is 0 Å². The zero-order chi connectivity index (χ0) is 21.5. The lowest BCUT2D eigenvalue weighted by Gasteiger charge is -2.33. The van der Waals surface area contributed by atoms with Gasteiger partial charge in [-0.3, -0.25) is 24.6 Å². The fraction of sp³-hybridized carbons (Fsp3) is 0.550. The number of nitrogens with one attached hydrogen (secondary N) is 2. The first-order valence-corrected chi connectivity index (χ1v) is 12.2. The third-order valence-electron chi connectivity index (χ3n) is 5.92. The molecule has 0 radical (unpaired) electrons. The van der Waals surface area contributed by atoms with E-state index in [-0.39, 0.29) is 30.0 Å². The predicted molar refractivity (Wildman–Crippen MR) is 109 cm³/mol. The van der Waals surface area contributed by atoms with Crippen molar-refractivity contribution in [3.63, 3.8) is 0 Å². The van der Waals surface area contributed by atoms with Crippen LogP contribution in [-0.2, 0) is 32.5 Å². The number of fused-ring (bicyclic) bond motifs is 1. The van der Waals surface area contributed by atoms with E-state index < -0.39 is 21.8 Å². The second-order valence-electron chi connectivity index (χ2n) is 8.32. The summed E-state index contributed by atoms with van der Waals surface area (Å²) in [4.78, 5) is 40.4. The van der Waals surface area contributed by atoms with Crippen LogP contribution in [0, 0.1) is 0 Å². The van der Waals surface area contributed by atoms with Gasteiger partial charge in [-0.05, 0) is 23.6 Å². The van der Waals surface area contributed by atoms with Gasteiger partial charge < -0.3 is 10.2 Å². The van der Waals surface area contributed by atoms with Gasteiger partial charge in [-0.25, -0.2) is 8.42 Å². The van der Waals surface area contributed by atoms with Crippen LogP contribution in [-0.4, -0.2) is 79.7 Å². The Bertz CT molecular complexity index is 993. The van der Waals surface area contributed by atoms with Crippen molar-refractivity contribution in [2.45, 2.75) is 38.0 Å². The summed E-state index contributed by atoms with van der Waals surface area (Å²) >= 11 is 0. The van der Waals surface area contributed by atoms with Crippen molar-refractivity contribution in [1.82, 2.24) is 20.4 Å². The number of sulfone groups is 1. The van der Waals surface area contributed by atoms with Crippen molar-refractivity contribution in [2.75, 3.05) is 31.6 Å². The third kappa shape index (κ3) is 4.40. The first kappa shape index (κ1) is 21.0. The maximum Gasteiger partial charge on any atom is 0.255 e. The molecule has 2 fully saturated rings. The second-order valence-corrected chi connectivity index (χ2v) is 10.5. The molecule has 2 unspecified atom stereocenters. The van der Waals surface area contributed by atoms with E-state index in [0.717, 1.165) is 17.7 Å². The first-order valence-electron chi connectivity index (χ1n) is 10.1. The smallest absolute Gasteiger partial charge is 0.255 e. The highest BCUT2D eigenvalue weighted by atomic mass is 32.2. The van der Waals surface area contributed by atoms with Gasteiger partial charge in [-0.1, -0.05) is 12.1 Å². The molecule has 3 aliphatic rings. The van der Waals surface area contributed by atoms with Gasteiger partial charge in [0.05, 0.1) is 5.75 Å². The minimum absolute atomic E-state index is 0.0954. The van der Waals surface area contributed by atoms with Gasteiger partial charge in [0.1, 0.15) is 15.9 Å². The average molecular weight is 435 g/mol. The van der Waals surface area contributed by atoms with Crippen LogP contribution >= 0.6 is 0 Å². The molecule has 162 valence electrons. The Labute approximate surface area is 175 Å². The van der Waals surface area contributed by atoms with Crippen molar-refractivity contribution < 1.29 is 22.8 Å². The fourth-order valence-electron chi connectivity index (χ4n) is 4.55. The summed E-state index contributed by atoms with van der Waals surface area (Å²) in [5.74, 6) is -0.808. The Morgan fingerprint density at radius 2 is 2.00 bits per heavy atom. The van der Waals surface area contributed by atoms with Crippen LogP contribution in [0.3, 0.4) is 0 Å². The zero-order valence-corrected chi connectivity index (χ0v) is 17.7. The van der Waals surface area contributed by atoms with Crippen molar-refractivity contribution in [3.8, 4) is 0 Å². The van der Waals surface area contributed by atoms with Crippen molar-refractivity contribution in [2.24, 2.45) is 0 Å². The molecule has 3 heterocycles. The molecule has 0 spiro atoms. The third-order valence-corrected chi connectivity index (χ3v) is 6.92. The van der Waals surface area contributed by atoms with Crippen LogP contribution in [0.25, 0.3) is 0 Å². The number of benzene rings is 1. The molecular formula is C20H26N4O5S. The highest BCUT2D eigenvalue weighted by Gasteiger charge is 2.39. The van der Waals surface area contributed by atoms with Gasteiger partial charge in [0.15, 0.2) is 0 Å². The van der Waals surface area contributed by atoms with Crippen LogP contribution in [0.5, 0.6) is 0 Å². The Balaban J connectivity index is 1.49. The summed E-state index contributed by atoms with van der Waals surface area (Å²) in [6.45, 7) is 3.06. The number of nitrogens with zero attached hydrogens (tertiary/aromatic N) is 2.